The van der Waals surface area contributed by atoms with Crippen LogP contribution in [0.2, 0.25) is 0 Å². The molecule has 6 heteroatoms. The van der Waals surface area contributed by atoms with E-state index in [2.05, 4.69) is 15.9 Å². The van der Waals surface area contributed by atoms with Gasteiger partial charge >= 0.3 is 6.18 Å². The maximum atomic E-state index is 13.0. The van der Waals surface area contributed by atoms with Crippen molar-refractivity contribution in [3.05, 3.63) is 45.4 Å². The number of halogens is 4. The number of alkyl halides is 3. The van der Waals surface area contributed by atoms with Gasteiger partial charge in [0.15, 0.2) is 0 Å². The fourth-order valence-electron chi connectivity index (χ4n) is 2.06. The molecule has 1 amide bonds. The second-order valence-corrected chi connectivity index (χ2v) is 5.65. The quantitative estimate of drug-likeness (QED) is 0.695. The summed E-state index contributed by atoms with van der Waals surface area (Å²) in [6.45, 7) is 2.76. The summed E-state index contributed by atoms with van der Waals surface area (Å²) in [4.78, 5) is 13.7. The molecule has 0 saturated carbocycles. The van der Waals surface area contributed by atoms with Crippen LogP contribution in [0, 0.1) is 0 Å². The molecule has 0 unspecified atom stereocenters. The summed E-state index contributed by atoms with van der Waals surface area (Å²) in [5.74, 6) is -0.575. The van der Waals surface area contributed by atoms with E-state index in [0.29, 0.717) is 24.0 Å². The summed E-state index contributed by atoms with van der Waals surface area (Å²) < 4.78 is 39.3. The summed E-state index contributed by atoms with van der Waals surface area (Å²) in [6, 6.07) is 3.62. The van der Waals surface area contributed by atoms with Crippen molar-refractivity contribution in [3.63, 3.8) is 0 Å². The zero-order chi connectivity index (χ0) is 14.9. The van der Waals surface area contributed by atoms with Crippen molar-refractivity contribution in [2.24, 2.45) is 0 Å². The molecule has 0 aromatic heterocycles. The molecule has 1 aromatic carbocycles. The first-order valence-electron chi connectivity index (χ1n) is 6.10. The first kappa shape index (κ1) is 15.1. The molecule has 1 aromatic rings. The van der Waals surface area contributed by atoms with Gasteiger partial charge in [-0.25, -0.2) is 0 Å². The van der Waals surface area contributed by atoms with Gasteiger partial charge < -0.3 is 4.90 Å². The van der Waals surface area contributed by atoms with Gasteiger partial charge in [-0.05, 0) is 31.5 Å². The molecule has 1 heterocycles. The first-order chi connectivity index (χ1) is 9.29. The second kappa shape index (κ2) is 5.60. The molecule has 0 radical (unpaired) electrons. The smallest absolute Gasteiger partial charge is 0.335 e. The highest BCUT2D eigenvalue weighted by Gasteiger charge is 2.36. The summed E-state index contributed by atoms with van der Waals surface area (Å²) in [5, 5.41) is 0. The zero-order valence-electron chi connectivity index (χ0n) is 10.8. The SMILES string of the molecule is CC1=CCN(C(=O)c2ccc(Br)cc2C(F)(F)F)CC1. The zero-order valence-corrected chi connectivity index (χ0v) is 12.4. The van der Waals surface area contributed by atoms with Crippen LogP contribution in [0.1, 0.15) is 29.3 Å². The second-order valence-electron chi connectivity index (χ2n) is 4.74. The van der Waals surface area contributed by atoms with Gasteiger partial charge in [-0.1, -0.05) is 27.6 Å². The molecule has 2 rings (SSSR count). The predicted octanol–water partition coefficient (Wildman–Crippen LogP) is 4.26. The van der Waals surface area contributed by atoms with Crippen molar-refractivity contribution < 1.29 is 18.0 Å². The summed E-state index contributed by atoms with van der Waals surface area (Å²) in [6.07, 6.45) is -1.98. The van der Waals surface area contributed by atoms with Gasteiger partial charge in [0.1, 0.15) is 0 Å². The Labute approximate surface area is 123 Å². The Hall–Kier alpha value is -1.30. The standard InChI is InChI=1S/C14H13BrF3NO/c1-9-4-6-19(7-5-9)13(20)11-3-2-10(15)8-12(11)14(16,17)18/h2-4,8H,5-7H2,1H3. The van der Waals surface area contributed by atoms with E-state index in [1.807, 2.05) is 13.0 Å². The Bertz CT molecular complexity index is 566. The van der Waals surface area contributed by atoms with Crippen LogP contribution in [0.4, 0.5) is 13.2 Å². The third kappa shape index (κ3) is 3.23. The van der Waals surface area contributed by atoms with Crippen LogP contribution in [-0.2, 0) is 6.18 Å². The number of hydrogen-bond donors (Lipinski definition) is 0. The minimum atomic E-state index is -4.55. The van der Waals surface area contributed by atoms with Crippen molar-refractivity contribution >= 4 is 21.8 Å². The number of rotatable bonds is 1. The van der Waals surface area contributed by atoms with Gasteiger partial charge in [0.2, 0.25) is 0 Å². The fourth-order valence-corrected chi connectivity index (χ4v) is 2.42. The van der Waals surface area contributed by atoms with E-state index in [0.717, 1.165) is 11.6 Å². The van der Waals surface area contributed by atoms with E-state index in [-0.39, 0.29) is 5.56 Å². The van der Waals surface area contributed by atoms with Crippen molar-refractivity contribution in [1.82, 2.24) is 4.90 Å². The predicted molar refractivity (Wildman–Crippen MR) is 73.4 cm³/mol. The van der Waals surface area contributed by atoms with Crippen molar-refractivity contribution in [2.75, 3.05) is 13.1 Å². The Balaban J connectivity index is 2.35. The van der Waals surface area contributed by atoms with Crippen LogP contribution in [-0.4, -0.2) is 23.9 Å². The molecular formula is C14H13BrF3NO. The molecule has 108 valence electrons. The minimum absolute atomic E-state index is 0.298. The lowest BCUT2D eigenvalue weighted by Crippen LogP contribution is -2.35. The normalized spacial score (nSPS) is 16.1. The van der Waals surface area contributed by atoms with E-state index in [1.54, 1.807) is 0 Å². The lowest BCUT2D eigenvalue weighted by Gasteiger charge is -2.26. The molecule has 1 aliphatic heterocycles. The Morgan fingerprint density at radius 1 is 1.35 bits per heavy atom. The van der Waals surface area contributed by atoms with Crippen LogP contribution < -0.4 is 0 Å². The molecule has 0 bridgehead atoms. The largest absolute Gasteiger partial charge is 0.417 e. The molecule has 0 spiro atoms. The average molecular weight is 348 g/mol. The highest BCUT2D eigenvalue weighted by molar-refractivity contribution is 9.10. The maximum absolute atomic E-state index is 13.0. The van der Waals surface area contributed by atoms with Crippen LogP contribution in [0.25, 0.3) is 0 Å². The van der Waals surface area contributed by atoms with Gasteiger partial charge in [0, 0.05) is 17.6 Å². The van der Waals surface area contributed by atoms with E-state index < -0.39 is 17.6 Å². The van der Waals surface area contributed by atoms with Crippen LogP contribution in [0.15, 0.2) is 34.3 Å². The lowest BCUT2D eigenvalue weighted by molar-refractivity contribution is -0.138. The number of amides is 1. The summed E-state index contributed by atoms with van der Waals surface area (Å²) in [7, 11) is 0. The Kier molecular flexibility index (Phi) is 4.22. The van der Waals surface area contributed by atoms with Gasteiger partial charge in [0.05, 0.1) is 11.1 Å². The highest BCUT2D eigenvalue weighted by atomic mass is 79.9. The summed E-state index contributed by atoms with van der Waals surface area (Å²) in [5.41, 5.74) is -0.0438. The monoisotopic (exact) mass is 347 g/mol. The molecule has 0 aliphatic carbocycles. The molecule has 1 aliphatic rings. The minimum Gasteiger partial charge on any atom is -0.335 e. The number of benzene rings is 1. The average Bonchev–Trinajstić information content (AvgIpc) is 2.38. The lowest BCUT2D eigenvalue weighted by atomic mass is 10.0. The molecule has 0 atom stereocenters. The van der Waals surface area contributed by atoms with E-state index >= 15 is 0 Å². The van der Waals surface area contributed by atoms with Crippen LogP contribution in [0.3, 0.4) is 0 Å². The fraction of sp³-hybridized carbons (Fsp3) is 0.357. The van der Waals surface area contributed by atoms with Gasteiger partial charge in [-0.3, -0.25) is 4.79 Å². The van der Waals surface area contributed by atoms with Crippen molar-refractivity contribution in [3.8, 4) is 0 Å². The number of carbonyl (C=O) groups excluding carboxylic acids is 1. The topological polar surface area (TPSA) is 20.3 Å². The van der Waals surface area contributed by atoms with E-state index in [9.17, 15) is 18.0 Å². The molecular weight excluding hydrogens is 335 g/mol. The van der Waals surface area contributed by atoms with E-state index in [4.69, 9.17) is 0 Å². The highest BCUT2D eigenvalue weighted by Crippen LogP contribution is 2.34. The number of carbonyl (C=O) groups is 1. The molecule has 0 saturated heterocycles. The number of nitrogens with zero attached hydrogens (tertiary/aromatic N) is 1. The van der Waals surface area contributed by atoms with Crippen LogP contribution in [0.5, 0.6) is 0 Å². The number of hydrogen-bond acceptors (Lipinski definition) is 1. The maximum Gasteiger partial charge on any atom is 0.417 e. The van der Waals surface area contributed by atoms with Gasteiger partial charge in [0.25, 0.3) is 5.91 Å². The third-order valence-corrected chi connectivity index (χ3v) is 3.73. The molecule has 20 heavy (non-hydrogen) atoms. The Morgan fingerprint density at radius 3 is 2.60 bits per heavy atom. The molecule has 2 nitrogen and oxygen atoms in total. The van der Waals surface area contributed by atoms with Crippen LogP contribution >= 0.6 is 15.9 Å². The van der Waals surface area contributed by atoms with Gasteiger partial charge in [-0.2, -0.15) is 13.2 Å². The van der Waals surface area contributed by atoms with Crippen molar-refractivity contribution in [2.45, 2.75) is 19.5 Å². The Morgan fingerprint density at radius 2 is 2.05 bits per heavy atom. The molecule has 0 fully saturated rings. The summed E-state index contributed by atoms with van der Waals surface area (Å²) >= 11 is 3.01. The molecule has 0 N–H and O–H groups in total. The van der Waals surface area contributed by atoms with Gasteiger partial charge in [-0.15, -0.1) is 0 Å². The van der Waals surface area contributed by atoms with E-state index in [1.165, 1.54) is 17.0 Å². The first-order valence-corrected chi connectivity index (χ1v) is 6.90. The third-order valence-electron chi connectivity index (χ3n) is 3.24. The van der Waals surface area contributed by atoms with Crippen molar-refractivity contribution in [1.29, 1.82) is 0 Å².